The summed E-state index contributed by atoms with van der Waals surface area (Å²) < 4.78 is 18.8. The minimum absolute atomic E-state index is 0.0720. The molecule has 1 aliphatic rings. The normalized spacial score (nSPS) is 16.1. The molecule has 1 aromatic carbocycles. The SMILES string of the molecule is Cc1ncc(CO)c(CO)c1OC[C@H](O)CN1CCN(c2ccc(F)cc2)CC1. The molecule has 0 saturated carbocycles. The van der Waals surface area contributed by atoms with Crippen molar-refractivity contribution in [1.29, 1.82) is 0 Å². The Morgan fingerprint density at radius 1 is 1.10 bits per heavy atom. The molecule has 7 nitrogen and oxygen atoms in total. The van der Waals surface area contributed by atoms with Crippen molar-refractivity contribution in [1.82, 2.24) is 9.88 Å². The third kappa shape index (κ3) is 5.42. The molecule has 2 heterocycles. The number of pyridine rings is 1. The van der Waals surface area contributed by atoms with Gasteiger partial charge >= 0.3 is 0 Å². The molecule has 29 heavy (non-hydrogen) atoms. The van der Waals surface area contributed by atoms with Crippen LogP contribution in [0.4, 0.5) is 10.1 Å². The molecule has 158 valence electrons. The molecule has 1 fully saturated rings. The van der Waals surface area contributed by atoms with Crippen molar-refractivity contribution in [2.75, 3.05) is 44.2 Å². The first-order valence-electron chi connectivity index (χ1n) is 9.74. The second-order valence-corrected chi connectivity index (χ2v) is 7.22. The summed E-state index contributed by atoms with van der Waals surface area (Å²) in [6.07, 6.45) is 0.821. The summed E-state index contributed by atoms with van der Waals surface area (Å²) >= 11 is 0. The zero-order valence-corrected chi connectivity index (χ0v) is 16.6. The number of nitrogens with zero attached hydrogens (tertiary/aromatic N) is 3. The van der Waals surface area contributed by atoms with Crippen LogP contribution in [0.2, 0.25) is 0 Å². The zero-order chi connectivity index (χ0) is 20.8. The molecule has 1 aromatic heterocycles. The zero-order valence-electron chi connectivity index (χ0n) is 16.6. The summed E-state index contributed by atoms with van der Waals surface area (Å²) in [5.74, 6) is 0.175. The number of ether oxygens (including phenoxy) is 1. The van der Waals surface area contributed by atoms with Crippen LogP contribution in [0, 0.1) is 12.7 Å². The van der Waals surface area contributed by atoms with Crippen molar-refractivity contribution >= 4 is 5.69 Å². The highest BCUT2D eigenvalue weighted by molar-refractivity contribution is 5.46. The predicted octanol–water partition coefficient (Wildman–Crippen LogP) is 1.08. The summed E-state index contributed by atoms with van der Waals surface area (Å²) in [6.45, 7) is 4.98. The predicted molar refractivity (Wildman–Crippen MR) is 107 cm³/mol. The van der Waals surface area contributed by atoms with Crippen LogP contribution < -0.4 is 9.64 Å². The first-order chi connectivity index (χ1) is 14.0. The van der Waals surface area contributed by atoms with Crippen LogP contribution in [0.3, 0.4) is 0 Å². The van der Waals surface area contributed by atoms with E-state index in [0.29, 0.717) is 29.1 Å². The summed E-state index contributed by atoms with van der Waals surface area (Å²) in [5, 5.41) is 29.4. The van der Waals surface area contributed by atoms with E-state index < -0.39 is 6.10 Å². The fraction of sp³-hybridized carbons (Fsp3) is 0.476. The van der Waals surface area contributed by atoms with Gasteiger partial charge in [-0.15, -0.1) is 0 Å². The number of anilines is 1. The maximum absolute atomic E-state index is 13.1. The number of aliphatic hydroxyl groups excluding tert-OH is 3. The second-order valence-electron chi connectivity index (χ2n) is 7.22. The third-order valence-electron chi connectivity index (χ3n) is 5.19. The number of rotatable bonds is 8. The average molecular weight is 405 g/mol. The molecule has 0 radical (unpaired) electrons. The van der Waals surface area contributed by atoms with Crippen molar-refractivity contribution in [2.24, 2.45) is 0 Å². The van der Waals surface area contributed by atoms with Gasteiger partial charge in [0.1, 0.15) is 24.3 Å². The van der Waals surface area contributed by atoms with Crippen LogP contribution in [0.1, 0.15) is 16.8 Å². The van der Waals surface area contributed by atoms with Crippen molar-refractivity contribution in [3.8, 4) is 5.75 Å². The standard InChI is InChI=1S/C21H28FN3O4/c1-15-21(20(13-27)16(12-26)10-23-15)29-14-19(28)11-24-6-8-25(9-7-24)18-4-2-17(22)3-5-18/h2-5,10,19,26-28H,6-9,11-14H2,1H3/t19-/m1/s1. The van der Waals surface area contributed by atoms with E-state index in [2.05, 4.69) is 14.8 Å². The van der Waals surface area contributed by atoms with Crippen molar-refractivity contribution in [2.45, 2.75) is 26.2 Å². The van der Waals surface area contributed by atoms with E-state index in [-0.39, 0.29) is 25.6 Å². The van der Waals surface area contributed by atoms with Crippen molar-refractivity contribution in [3.63, 3.8) is 0 Å². The van der Waals surface area contributed by atoms with Crippen LogP contribution in [0.25, 0.3) is 0 Å². The molecule has 0 unspecified atom stereocenters. The number of halogens is 1. The summed E-state index contributed by atoms with van der Waals surface area (Å²) in [6, 6.07) is 6.49. The van der Waals surface area contributed by atoms with Gasteiger partial charge in [-0.3, -0.25) is 9.88 Å². The lowest BCUT2D eigenvalue weighted by Crippen LogP contribution is -2.49. The summed E-state index contributed by atoms with van der Waals surface area (Å²) in [5.41, 5.74) is 2.61. The Labute approximate surface area is 170 Å². The molecule has 8 heteroatoms. The number of piperazine rings is 1. The highest BCUT2D eigenvalue weighted by Gasteiger charge is 2.21. The first kappa shape index (κ1) is 21.4. The highest BCUT2D eigenvalue weighted by atomic mass is 19.1. The van der Waals surface area contributed by atoms with Gasteiger partial charge < -0.3 is 25.0 Å². The number of β-amino-alcohol motifs (C(OH)–C–C–N with tert-alkyl or cyclic N) is 1. The molecule has 1 saturated heterocycles. The summed E-state index contributed by atoms with van der Waals surface area (Å²) in [4.78, 5) is 8.54. The van der Waals surface area contributed by atoms with Gasteiger partial charge in [-0.1, -0.05) is 0 Å². The highest BCUT2D eigenvalue weighted by Crippen LogP contribution is 2.26. The van der Waals surface area contributed by atoms with Gasteiger partial charge in [0.25, 0.3) is 0 Å². The minimum atomic E-state index is -0.698. The Morgan fingerprint density at radius 3 is 2.41 bits per heavy atom. The number of hydrogen-bond acceptors (Lipinski definition) is 7. The Balaban J connectivity index is 1.50. The van der Waals surface area contributed by atoms with E-state index in [9.17, 15) is 19.7 Å². The van der Waals surface area contributed by atoms with Crippen LogP contribution in [0.15, 0.2) is 30.5 Å². The Morgan fingerprint density at radius 2 is 1.79 bits per heavy atom. The van der Waals surface area contributed by atoms with Crippen LogP contribution in [-0.4, -0.2) is 70.6 Å². The van der Waals surface area contributed by atoms with Crippen molar-refractivity contribution < 1.29 is 24.4 Å². The van der Waals surface area contributed by atoms with E-state index in [1.807, 2.05) is 0 Å². The maximum Gasteiger partial charge on any atom is 0.146 e. The molecule has 0 spiro atoms. The third-order valence-corrected chi connectivity index (χ3v) is 5.19. The molecule has 0 bridgehead atoms. The second kappa shape index (κ2) is 9.98. The van der Waals surface area contributed by atoms with Crippen LogP contribution >= 0.6 is 0 Å². The molecule has 2 aromatic rings. The van der Waals surface area contributed by atoms with E-state index >= 15 is 0 Å². The van der Waals surface area contributed by atoms with E-state index in [1.165, 1.54) is 18.3 Å². The van der Waals surface area contributed by atoms with E-state index in [0.717, 1.165) is 31.9 Å². The van der Waals surface area contributed by atoms with Crippen LogP contribution in [0.5, 0.6) is 5.75 Å². The number of hydrogen-bond donors (Lipinski definition) is 3. The number of aliphatic hydroxyl groups is 3. The molecule has 0 amide bonds. The van der Waals surface area contributed by atoms with Gasteiger partial charge in [-0.05, 0) is 31.2 Å². The van der Waals surface area contributed by atoms with Gasteiger partial charge in [0.05, 0.1) is 18.9 Å². The van der Waals surface area contributed by atoms with Crippen molar-refractivity contribution in [3.05, 3.63) is 53.1 Å². The first-order valence-corrected chi connectivity index (χ1v) is 9.74. The molecule has 1 atom stereocenters. The van der Waals surface area contributed by atoms with Gasteiger partial charge in [0, 0.05) is 55.7 Å². The van der Waals surface area contributed by atoms with Gasteiger partial charge in [-0.25, -0.2) is 4.39 Å². The maximum atomic E-state index is 13.1. The fourth-order valence-electron chi connectivity index (χ4n) is 3.55. The lowest BCUT2D eigenvalue weighted by molar-refractivity contribution is 0.0649. The molecule has 1 aliphatic heterocycles. The smallest absolute Gasteiger partial charge is 0.146 e. The molecular formula is C21H28FN3O4. The molecule has 3 N–H and O–H groups in total. The Hall–Kier alpha value is -2.26. The van der Waals surface area contributed by atoms with Gasteiger partial charge in [0.15, 0.2) is 0 Å². The monoisotopic (exact) mass is 405 g/mol. The largest absolute Gasteiger partial charge is 0.489 e. The van der Waals surface area contributed by atoms with E-state index in [4.69, 9.17) is 4.74 Å². The minimum Gasteiger partial charge on any atom is -0.489 e. The Bertz CT molecular complexity index is 795. The van der Waals surface area contributed by atoms with Gasteiger partial charge in [-0.2, -0.15) is 0 Å². The average Bonchev–Trinajstić information content (AvgIpc) is 2.73. The number of aryl methyl sites for hydroxylation is 1. The lowest BCUT2D eigenvalue weighted by Gasteiger charge is -2.36. The quantitative estimate of drug-likeness (QED) is 0.606. The Kier molecular flexibility index (Phi) is 7.38. The fourth-order valence-corrected chi connectivity index (χ4v) is 3.55. The molecule has 3 rings (SSSR count). The topological polar surface area (TPSA) is 89.3 Å². The van der Waals surface area contributed by atoms with Gasteiger partial charge in [0.2, 0.25) is 0 Å². The molecule has 0 aliphatic carbocycles. The molecular weight excluding hydrogens is 377 g/mol. The van der Waals surface area contributed by atoms with Crippen LogP contribution in [-0.2, 0) is 13.2 Å². The number of aromatic nitrogens is 1. The lowest BCUT2D eigenvalue weighted by atomic mass is 10.1. The van der Waals surface area contributed by atoms with E-state index in [1.54, 1.807) is 19.1 Å². The summed E-state index contributed by atoms with van der Waals surface area (Å²) in [7, 11) is 0. The number of benzene rings is 1.